The van der Waals surface area contributed by atoms with Crippen LogP contribution in [0, 0.1) is 0 Å². The van der Waals surface area contributed by atoms with Crippen molar-refractivity contribution in [2.45, 2.75) is 69.7 Å². The first kappa shape index (κ1) is 22.3. The topological polar surface area (TPSA) is 105 Å². The molecule has 1 amide bonds. The number of carbonyl (C=O) groups is 1. The molecule has 1 atom stereocenters. The molecule has 0 aliphatic carbocycles. The second-order valence-corrected chi connectivity index (χ2v) is 9.95. The number of ether oxygens (including phenoxy) is 1. The molecular weight excluding hydrogens is 420 g/mol. The summed E-state index contributed by atoms with van der Waals surface area (Å²) in [7, 11) is 0. The Morgan fingerprint density at radius 2 is 2.00 bits per heavy atom. The lowest BCUT2D eigenvalue weighted by Crippen LogP contribution is -2.36. The average molecular weight is 455 g/mol. The Labute approximate surface area is 194 Å². The van der Waals surface area contributed by atoms with E-state index in [-0.39, 0.29) is 23.8 Å². The molecule has 178 valence electrons. The summed E-state index contributed by atoms with van der Waals surface area (Å²) in [5.41, 5.74) is 2.22. The largest absolute Gasteiger partial charge is 0.395 e. The van der Waals surface area contributed by atoms with E-state index in [2.05, 4.69) is 44.8 Å². The Hall–Kier alpha value is -2.52. The molecule has 0 saturated carbocycles. The number of amides is 1. The molecule has 3 aliphatic heterocycles. The molecule has 5 heterocycles. The van der Waals surface area contributed by atoms with Gasteiger partial charge in [-0.15, -0.1) is 0 Å². The standard InChI is InChI=1S/C24H34N6O3/c1-16-13-19(32)28-21-20(16)23(26-15-25-21)29-7-3-17(4-8-29)22-27-18(14-30(22)9-10-31)24(2)5-11-33-12-6-24/h14-17,31H,3-13H2,1-2H3,(H,25,26,28,32)/t16-/m1/s1. The van der Waals surface area contributed by atoms with Crippen molar-refractivity contribution in [3.8, 4) is 0 Å². The van der Waals surface area contributed by atoms with Gasteiger partial charge >= 0.3 is 0 Å². The van der Waals surface area contributed by atoms with E-state index in [4.69, 9.17) is 9.72 Å². The Balaban J connectivity index is 1.35. The fourth-order valence-corrected chi connectivity index (χ4v) is 5.52. The van der Waals surface area contributed by atoms with Crippen LogP contribution in [0.25, 0.3) is 0 Å². The van der Waals surface area contributed by atoms with E-state index in [1.165, 1.54) is 0 Å². The van der Waals surface area contributed by atoms with E-state index in [0.717, 1.165) is 74.9 Å². The van der Waals surface area contributed by atoms with Gasteiger partial charge in [0.25, 0.3) is 0 Å². The summed E-state index contributed by atoms with van der Waals surface area (Å²) in [4.78, 5) is 28.3. The molecule has 3 aliphatic rings. The second-order valence-electron chi connectivity index (χ2n) is 9.95. The molecular formula is C24H34N6O3. The number of imidazole rings is 1. The summed E-state index contributed by atoms with van der Waals surface area (Å²) >= 11 is 0. The van der Waals surface area contributed by atoms with E-state index in [1.807, 2.05) is 0 Å². The van der Waals surface area contributed by atoms with E-state index in [0.29, 0.717) is 24.7 Å². The number of aromatic nitrogens is 4. The lowest BCUT2D eigenvalue weighted by atomic mass is 9.80. The minimum Gasteiger partial charge on any atom is -0.395 e. The number of anilines is 2. The molecule has 2 fully saturated rings. The molecule has 0 unspecified atom stereocenters. The van der Waals surface area contributed by atoms with Gasteiger partial charge in [-0.05, 0) is 31.6 Å². The van der Waals surface area contributed by atoms with Crippen LogP contribution in [0.4, 0.5) is 11.6 Å². The number of aliphatic hydroxyl groups is 1. The summed E-state index contributed by atoms with van der Waals surface area (Å²) in [6.07, 6.45) is 8.09. The lowest BCUT2D eigenvalue weighted by Gasteiger charge is -2.35. The van der Waals surface area contributed by atoms with E-state index in [1.54, 1.807) is 6.33 Å². The van der Waals surface area contributed by atoms with Crippen molar-refractivity contribution < 1.29 is 14.6 Å². The van der Waals surface area contributed by atoms with Gasteiger partial charge in [-0.2, -0.15) is 0 Å². The maximum atomic E-state index is 11.9. The summed E-state index contributed by atoms with van der Waals surface area (Å²) in [6.45, 7) is 8.35. The molecule has 2 saturated heterocycles. The Kier molecular flexibility index (Phi) is 6.09. The van der Waals surface area contributed by atoms with Crippen molar-refractivity contribution in [2.75, 3.05) is 43.1 Å². The van der Waals surface area contributed by atoms with E-state index >= 15 is 0 Å². The fourth-order valence-electron chi connectivity index (χ4n) is 5.52. The zero-order valence-electron chi connectivity index (χ0n) is 19.6. The Morgan fingerprint density at radius 1 is 1.24 bits per heavy atom. The number of piperidine rings is 1. The van der Waals surface area contributed by atoms with E-state index in [9.17, 15) is 9.90 Å². The number of nitrogens with one attached hydrogen (secondary N) is 1. The van der Waals surface area contributed by atoms with Crippen molar-refractivity contribution >= 4 is 17.5 Å². The third kappa shape index (κ3) is 4.24. The molecule has 0 bridgehead atoms. The highest BCUT2D eigenvalue weighted by atomic mass is 16.5. The number of carbonyl (C=O) groups excluding carboxylic acids is 1. The molecule has 0 spiro atoms. The van der Waals surface area contributed by atoms with Gasteiger partial charge in [-0.1, -0.05) is 13.8 Å². The predicted molar refractivity (Wildman–Crippen MR) is 125 cm³/mol. The number of hydrogen-bond acceptors (Lipinski definition) is 7. The maximum absolute atomic E-state index is 11.9. The quantitative estimate of drug-likeness (QED) is 0.715. The van der Waals surface area contributed by atoms with Crippen LogP contribution in [0.3, 0.4) is 0 Å². The summed E-state index contributed by atoms with van der Waals surface area (Å²) in [5.74, 6) is 3.16. The molecule has 2 aromatic rings. The van der Waals surface area contributed by atoms with Crippen molar-refractivity contribution in [1.82, 2.24) is 19.5 Å². The highest BCUT2D eigenvalue weighted by Gasteiger charge is 2.35. The van der Waals surface area contributed by atoms with Gasteiger partial charge in [0.15, 0.2) is 0 Å². The predicted octanol–water partition coefficient (Wildman–Crippen LogP) is 2.56. The monoisotopic (exact) mass is 454 g/mol. The molecule has 9 nitrogen and oxygen atoms in total. The van der Waals surface area contributed by atoms with Gasteiger partial charge < -0.3 is 24.6 Å². The molecule has 9 heteroatoms. The molecule has 2 aromatic heterocycles. The normalized spacial score (nSPS) is 23.3. The highest BCUT2D eigenvalue weighted by molar-refractivity contribution is 5.94. The lowest BCUT2D eigenvalue weighted by molar-refractivity contribution is -0.116. The third-order valence-corrected chi connectivity index (χ3v) is 7.63. The summed E-state index contributed by atoms with van der Waals surface area (Å²) in [5, 5.41) is 12.6. The fraction of sp³-hybridized carbons (Fsp3) is 0.667. The average Bonchev–Trinajstić information content (AvgIpc) is 3.24. The van der Waals surface area contributed by atoms with Crippen molar-refractivity contribution in [2.24, 2.45) is 0 Å². The highest BCUT2D eigenvalue weighted by Crippen LogP contribution is 2.40. The molecule has 0 radical (unpaired) electrons. The van der Waals surface area contributed by atoms with Crippen LogP contribution in [0.1, 0.15) is 74.9 Å². The molecule has 2 N–H and O–H groups in total. The van der Waals surface area contributed by atoms with Gasteiger partial charge in [-0.3, -0.25) is 4.79 Å². The number of fused-ring (bicyclic) bond motifs is 1. The van der Waals surface area contributed by atoms with Gasteiger partial charge in [0.05, 0.1) is 12.3 Å². The third-order valence-electron chi connectivity index (χ3n) is 7.63. The van der Waals surface area contributed by atoms with Crippen LogP contribution in [0.2, 0.25) is 0 Å². The van der Waals surface area contributed by atoms with Gasteiger partial charge in [0, 0.05) is 62.4 Å². The van der Waals surface area contributed by atoms with Crippen LogP contribution in [-0.4, -0.2) is 63.4 Å². The number of nitrogens with zero attached hydrogens (tertiary/aromatic N) is 5. The molecule has 0 aromatic carbocycles. The minimum absolute atomic E-state index is 0.0168. The maximum Gasteiger partial charge on any atom is 0.226 e. The smallest absolute Gasteiger partial charge is 0.226 e. The minimum atomic E-state index is 0.0168. The number of hydrogen-bond donors (Lipinski definition) is 2. The molecule has 5 rings (SSSR count). The van der Waals surface area contributed by atoms with Gasteiger partial charge in [-0.25, -0.2) is 15.0 Å². The Morgan fingerprint density at radius 3 is 2.73 bits per heavy atom. The van der Waals surface area contributed by atoms with Crippen LogP contribution in [-0.2, 0) is 21.5 Å². The number of aliphatic hydroxyl groups excluding tert-OH is 1. The van der Waals surface area contributed by atoms with Crippen LogP contribution in [0.15, 0.2) is 12.5 Å². The first-order valence-electron chi connectivity index (χ1n) is 12.1. The van der Waals surface area contributed by atoms with Crippen molar-refractivity contribution in [3.63, 3.8) is 0 Å². The van der Waals surface area contributed by atoms with Gasteiger partial charge in [0.2, 0.25) is 5.91 Å². The summed E-state index contributed by atoms with van der Waals surface area (Å²) < 4.78 is 7.75. The first-order valence-corrected chi connectivity index (χ1v) is 12.1. The van der Waals surface area contributed by atoms with Gasteiger partial charge in [0.1, 0.15) is 23.8 Å². The summed E-state index contributed by atoms with van der Waals surface area (Å²) in [6, 6.07) is 0. The number of rotatable bonds is 5. The Bertz CT molecular complexity index is 1010. The zero-order chi connectivity index (χ0) is 23.0. The molecule has 33 heavy (non-hydrogen) atoms. The second kappa shape index (κ2) is 9.02. The zero-order valence-corrected chi connectivity index (χ0v) is 19.6. The first-order chi connectivity index (χ1) is 16.0. The van der Waals surface area contributed by atoms with E-state index < -0.39 is 0 Å². The van der Waals surface area contributed by atoms with Crippen LogP contribution >= 0.6 is 0 Å². The SMILES string of the molecule is C[C@@H]1CC(=O)Nc2ncnc(N3CCC(c4nc(C5(C)CCOCC5)cn4CCO)CC3)c21. The van der Waals surface area contributed by atoms with Crippen molar-refractivity contribution in [1.29, 1.82) is 0 Å². The van der Waals surface area contributed by atoms with Crippen LogP contribution in [0.5, 0.6) is 0 Å². The van der Waals surface area contributed by atoms with Crippen molar-refractivity contribution in [3.05, 3.63) is 29.6 Å². The van der Waals surface area contributed by atoms with Crippen LogP contribution < -0.4 is 10.2 Å².